The number of aliphatic imine (C=N–C) groups is 1. The highest BCUT2D eigenvalue weighted by atomic mass is 127. The summed E-state index contributed by atoms with van der Waals surface area (Å²) in [6, 6.07) is 7.48. The summed E-state index contributed by atoms with van der Waals surface area (Å²) in [6.45, 7) is 0. The molecular weight excluding hydrogens is 379 g/mol. The van der Waals surface area contributed by atoms with E-state index in [1.165, 1.54) is 4.90 Å². The molecule has 1 aliphatic rings. The molecule has 1 aromatic rings. The number of carbonyl (C=O) groups is 2. The normalized spacial score (nSPS) is 21.8. The molecule has 0 spiro atoms. The molecule has 5 nitrogen and oxygen atoms in total. The van der Waals surface area contributed by atoms with Crippen LogP contribution in [-0.2, 0) is 9.59 Å². The lowest BCUT2D eigenvalue weighted by Gasteiger charge is -2.27. The van der Waals surface area contributed by atoms with E-state index in [-0.39, 0.29) is 12.3 Å². The number of rotatable bonds is 2. The Morgan fingerprint density at radius 1 is 1.47 bits per heavy atom. The molecule has 0 saturated carbocycles. The number of hydrogen-bond acceptors (Lipinski definition) is 4. The van der Waals surface area contributed by atoms with Crippen molar-refractivity contribution in [3.05, 3.63) is 27.8 Å². The molecule has 0 aromatic heterocycles. The standard InChI is InChI=1S/C12H11IN2O3S/c1-15-10(16)6-9(11(17)18)19-12(15)14-8-4-2-7(13)3-5-8/h2-5,9H,6H2,1H3,(H,17,18). The molecule has 1 saturated heterocycles. The Hall–Kier alpha value is -1.09. The van der Waals surface area contributed by atoms with Crippen LogP contribution in [0.3, 0.4) is 0 Å². The number of carboxylic acids is 1. The summed E-state index contributed by atoms with van der Waals surface area (Å²) in [5.74, 6) is -1.21. The number of thioether (sulfide) groups is 1. The Balaban J connectivity index is 2.27. The molecule has 19 heavy (non-hydrogen) atoms. The SMILES string of the molecule is CN1C(=O)CC(C(=O)O)SC1=Nc1ccc(I)cc1. The third kappa shape index (κ3) is 3.47. The summed E-state index contributed by atoms with van der Waals surface area (Å²) >= 11 is 3.29. The number of amidine groups is 1. The first kappa shape index (κ1) is 14.3. The van der Waals surface area contributed by atoms with E-state index in [9.17, 15) is 9.59 Å². The minimum atomic E-state index is -0.984. The highest BCUT2D eigenvalue weighted by molar-refractivity contribution is 14.1. The molecule has 0 radical (unpaired) electrons. The predicted molar refractivity (Wildman–Crippen MR) is 82.7 cm³/mol. The summed E-state index contributed by atoms with van der Waals surface area (Å²) in [5, 5.41) is 8.68. The maximum absolute atomic E-state index is 11.7. The van der Waals surface area contributed by atoms with Crippen molar-refractivity contribution in [1.82, 2.24) is 4.90 Å². The molecular formula is C12H11IN2O3S. The number of carboxylic acid groups (broad SMARTS) is 1. The second-order valence-electron chi connectivity index (χ2n) is 3.97. The Morgan fingerprint density at radius 3 is 2.68 bits per heavy atom. The highest BCUT2D eigenvalue weighted by Gasteiger charge is 2.33. The van der Waals surface area contributed by atoms with E-state index in [4.69, 9.17) is 5.11 Å². The van der Waals surface area contributed by atoms with Gasteiger partial charge >= 0.3 is 5.97 Å². The Labute approximate surface area is 128 Å². The van der Waals surface area contributed by atoms with Gasteiger partial charge in [-0.2, -0.15) is 0 Å². The Bertz CT molecular complexity index is 544. The lowest BCUT2D eigenvalue weighted by Crippen LogP contribution is -2.41. The maximum atomic E-state index is 11.7. The van der Waals surface area contributed by atoms with E-state index in [0.29, 0.717) is 10.9 Å². The van der Waals surface area contributed by atoms with Gasteiger partial charge in [-0.1, -0.05) is 11.8 Å². The van der Waals surface area contributed by atoms with Gasteiger partial charge in [0.15, 0.2) is 5.17 Å². The molecule has 1 amide bonds. The van der Waals surface area contributed by atoms with Gasteiger partial charge in [0.05, 0.1) is 12.1 Å². The number of benzene rings is 1. The fourth-order valence-electron chi connectivity index (χ4n) is 1.52. The van der Waals surface area contributed by atoms with Crippen molar-refractivity contribution in [3.8, 4) is 0 Å². The molecule has 1 aliphatic heterocycles. The van der Waals surface area contributed by atoms with Crippen molar-refractivity contribution in [1.29, 1.82) is 0 Å². The summed E-state index contributed by atoms with van der Waals surface area (Å²) in [6.07, 6.45) is 0.00219. The lowest BCUT2D eigenvalue weighted by molar-refractivity contribution is -0.139. The molecule has 2 rings (SSSR count). The van der Waals surface area contributed by atoms with Gasteiger partial charge < -0.3 is 5.11 Å². The third-order valence-corrected chi connectivity index (χ3v) is 4.54. The van der Waals surface area contributed by atoms with Gasteiger partial charge in [-0.3, -0.25) is 14.5 Å². The fraction of sp³-hybridized carbons (Fsp3) is 0.250. The van der Waals surface area contributed by atoms with Gasteiger partial charge in [0.25, 0.3) is 0 Å². The van der Waals surface area contributed by atoms with Crippen LogP contribution in [0.25, 0.3) is 0 Å². The average Bonchev–Trinajstić information content (AvgIpc) is 2.37. The van der Waals surface area contributed by atoms with Gasteiger partial charge in [0.1, 0.15) is 5.25 Å². The van der Waals surface area contributed by atoms with E-state index < -0.39 is 11.2 Å². The van der Waals surface area contributed by atoms with Crippen LogP contribution in [-0.4, -0.2) is 39.3 Å². The molecule has 0 aliphatic carbocycles. The van der Waals surface area contributed by atoms with Crippen LogP contribution >= 0.6 is 34.4 Å². The molecule has 1 unspecified atom stereocenters. The number of nitrogens with zero attached hydrogens (tertiary/aromatic N) is 2. The van der Waals surface area contributed by atoms with Crippen molar-refractivity contribution >= 4 is 57.1 Å². The number of halogens is 1. The van der Waals surface area contributed by atoms with Crippen molar-refractivity contribution in [2.24, 2.45) is 4.99 Å². The second kappa shape index (κ2) is 5.91. The van der Waals surface area contributed by atoms with E-state index in [0.717, 1.165) is 15.3 Å². The van der Waals surface area contributed by atoms with Crippen LogP contribution in [0.5, 0.6) is 0 Å². The van der Waals surface area contributed by atoms with E-state index >= 15 is 0 Å². The van der Waals surface area contributed by atoms with Crippen LogP contribution in [0.15, 0.2) is 29.3 Å². The first-order valence-corrected chi connectivity index (χ1v) is 7.43. The van der Waals surface area contributed by atoms with E-state index in [2.05, 4.69) is 27.6 Å². The largest absolute Gasteiger partial charge is 0.480 e. The molecule has 7 heteroatoms. The predicted octanol–water partition coefficient (Wildman–Crippen LogP) is 2.33. The van der Waals surface area contributed by atoms with E-state index in [1.807, 2.05) is 24.3 Å². The van der Waals surface area contributed by atoms with Gasteiger partial charge in [-0.25, -0.2) is 4.99 Å². The van der Waals surface area contributed by atoms with Crippen LogP contribution in [0.1, 0.15) is 6.42 Å². The highest BCUT2D eigenvalue weighted by Crippen LogP contribution is 2.28. The minimum Gasteiger partial charge on any atom is -0.480 e. The average molecular weight is 390 g/mol. The minimum absolute atomic E-state index is 0.00219. The zero-order chi connectivity index (χ0) is 14.0. The van der Waals surface area contributed by atoms with Crippen LogP contribution in [0.4, 0.5) is 5.69 Å². The molecule has 1 atom stereocenters. The van der Waals surface area contributed by atoms with Crippen molar-refractivity contribution in [3.63, 3.8) is 0 Å². The zero-order valence-corrected chi connectivity index (χ0v) is 13.0. The molecule has 1 fully saturated rings. The lowest BCUT2D eigenvalue weighted by atomic mass is 10.3. The second-order valence-corrected chi connectivity index (χ2v) is 6.39. The van der Waals surface area contributed by atoms with Gasteiger partial charge in [0, 0.05) is 10.6 Å². The van der Waals surface area contributed by atoms with Gasteiger partial charge in [-0.15, -0.1) is 0 Å². The maximum Gasteiger partial charge on any atom is 0.317 e. The van der Waals surface area contributed by atoms with Gasteiger partial charge in [-0.05, 0) is 46.9 Å². The first-order chi connectivity index (χ1) is 8.97. The van der Waals surface area contributed by atoms with Crippen LogP contribution in [0.2, 0.25) is 0 Å². The summed E-state index contributed by atoms with van der Waals surface area (Å²) in [7, 11) is 1.61. The Morgan fingerprint density at radius 2 is 2.11 bits per heavy atom. The monoisotopic (exact) mass is 390 g/mol. The number of hydrogen-bond donors (Lipinski definition) is 1. The van der Waals surface area contributed by atoms with Crippen molar-refractivity contribution in [2.45, 2.75) is 11.7 Å². The number of aliphatic carboxylic acids is 1. The van der Waals surface area contributed by atoms with E-state index in [1.54, 1.807) is 7.05 Å². The first-order valence-electron chi connectivity index (χ1n) is 5.47. The smallest absolute Gasteiger partial charge is 0.317 e. The molecule has 100 valence electrons. The van der Waals surface area contributed by atoms with Crippen molar-refractivity contribution in [2.75, 3.05) is 7.05 Å². The fourth-order valence-corrected chi connectivity index (χ4v) is 2.87. The summed E-state index contributed by atoms with van der Waals surface area (Å²) in [4.78, 5) is 28.5. The molecule has 1 N–H and O–H groups in total. The Kier molecular flexibility index (Phi) is 4.46. The number of amides is 1. The summed E-state index contributed by atoms with van der Waals surface area (Å²) < 4.78 is 1.09. The van der Waals surface area contributed by atoms with Crippen LogP contribution in [0, 0.1) is 3.57 Å². The number of carbonyl (C=O) groups excluding carboxylic acids is 1. The van der Waals surface area contributed by atoms with Gasteiger partial charge in [0.2, 0.25) is 5.91 Å². The molecule has 1 aromatic carbocycles. The van der Waals surface area contributed by atoms with Crippen LogP contribution < -0.4 is 0 Å². The molecule has 1 heterocycles. The third-order valence-electron chi connectivity index (χ3n) is 2.60. The van der Waals surface area contributed by atoms with Crippen molar-refractivity contribution < 1.29 is 14.7 Å². The zero-order valence-electron chi connectivity index (χ0n) is 10.0. The quantitative estimate of drug-likeness (QED) is 0.788. The topological polar surface area (TPSA) is 70.0 Å². The summed E-state index contributed by atoms with van der Waals surface area (Å²) in [5.41, 5.74) is 0.702. The molecule has 0 bridgehead atoms.